The maximum Gasteiger partial charge on any atom is 0.356 e. The van der Waals surface area contributed by atoms with E-state index in [0.29, 0.717) is 13.0 Å². The highest BCUT2D eigenvalue weighted by atomic mass is 16.4. The number of rotatable bonds is 4. The Morgan fingerprint density at radius 3 is 2.83 bits per heavy atom. The molecular formula is C12H11N3O3. The summed E-state index contributed by atoms with van der Waals surface area (Å²) >= 11 is 0. The third-order valence-corrected chi connectivity index (χ3v) is 2.42. The summed E-state index contributed by atoms with van der Waals surface area (Å²) in [6.07, 6.45) is 3.94. The van der Waals surface area contributed by atoms with Crippen LogP contribution in [0.2, 0.25) is 0 Å². The zero-order valence-electron chi connectivity index (χ0n) is 9.48. The largest absolute Gasteiger partial charge is 0.476 e. The van der Waals surface area contributed by atoms with Crippen LogP contribution in [-0.2, 0) is 13.0 Å². The fraction of sp³-hybridized carbons (Fsp3) is 0.167. The van der Waals surface area contributed by atoms with Gasteiger partial charge in [0.1, 0.15) is 0 Å². The summed E-state index contributed by atoms with van der Waals surface area (Å²) in [6.45, 7) is 0.325. The lowest BCUT2D eigenvalue weighted by Crippen LogP contribution is -2.25. The van der Waals surface area contributed by atoms with E-state index in [2.05, 4.69) is 10.1 Å². The number of hydrogen-bond donors (Lipinski definition) is 1. The quantitative estimate of drug-likeness (QED) is 0.851. The van der Waals surface area contributed by atoms with Crippen LogP contribution in [0.4, 0.5) is 0 Å². The first-order valence-electron chi connectivity index (χ1n) is 5.37. The first kappa shape index (κ1) is 12.0. The highest BCUT2D eigenvalue weighted by Crippen LogP contribution is 1.98. The molecular weight excluding hydrogens is 234 g/mol. The van der Waals surface area contributed by atoms with Crippen LogP contribution in [0.25, 0.3) is 0 Å². The molecule has 0 unspecified atom stereocenters. The summed E-state index contributed by atoms with van der Waals surface area (Å²) in [6, 6.07) is 6.10. The maximum atomic E-state index is 11.5. The molecule has 0 aliphatic rings. The number of aromatic carboxylic acids is 1. The van der Waals surface area contributed by atoms with Crippen LogP contribution in [-0.4, -0.2) is 25.8 Å². The average Bonchev–Trinajstić information content (AvgIpc) is 2.38. The van der Waals surface area contributed by atoms with E-state index in [4.69, 9.17) is 5.11 Å². The molecule has 18 heavy (non-hydrogen) atoms. The summed E-state index contributed by atoms with van der Waals surface area (Å²) in [4.78, 5) is 26.2. The SMILES string of the molecule is O=C(O)c1ccc(=O)n(CCc2cccnc2)n1. The van der Waals surface area contributed by atoms with E-state index in [1.165, 1.54) is 12.1 Å². The standard InChI is InChI=1S/C12H11N3O3/c16-11-4-3-10(12(17)18)14-15(11)7-5-9-2-1-6-13-8-9/h1-4,6,8H,5,7H2,(H,17,18). The van der Waals surface area contributed by atoms with Crippen molar-refractivity contribution < 1.29 is 9.90 Å². The van der Waals surface area contributed by atoms with Crippen LogP contribution in [0.3, 0.4) is 0 Å². The predicted molar refractivity (Wildman–Crippen MR) is 63.4 cm³/mol. The molecule has 0 saturated heterocycles. The molecule has 6 nitrogen and oxygen atoms in total. The molecule has 0 radical (unpaired) electrons. The third kappa shape index (κ3) is 2.79. The molecule has 0 atom stereocenters. The van der Waals surface area contributed by atoms with Crippen LogP contribution in [0, 0.1) is 0 Å². The molecule has 2 aromatic heterocycles. The van der Waals surface area contributed by atoms with Gasteiger partial charge in [-0.3, -0.25) is 9.78 Å². The van der Waals surface area contributed by atoms with Crippen molar-refractivity contribution in [2.24, 2.45) is 0 Å². The summed E-state index contributed by atoms with van der Waals surface area (Å²) in [5, 5.41) is 12.6. The molecule has 0 spiro atoms. The van der Waals surface area contributed by atoms with Crippen molar-refractivity contribution in [3.05, 3.63) is 58.3 Å². The van der Waals surface area contributed by atoms with Crippen molar-refractivity contribution >= 4 is 5.97 Å². The molecule has 2 heterocycles. The van der Waals surface area contributed by atoms with Crippen LogP contribution in [0.1, 0.15) is 16.1 Å². The normalized spacial score (nSPS) is 10.2. The molecule has 2 rings (SSSR count). The topological polar surface area (TPSA) is 85.1 Å². The highest BCUT2D eigenvalue weighted by molar-refractivity contribution is 5.84. The van der Waals surface area contributed by atoms with E-state index in [9.17, 15) is 9.59 Å². The summed E-state index contributed by atoms with van der Waals surface area (Å²) < 4.78 is 1.15. The van der Waals surface area contributed by atoms with Crippen molar-refractivity contribution in [2.45, 2.75) is 13.0 Å². The van der Waals surface area contributed by atoms with E-state index in [0.717, 1.165) is 10.2 Å². The first-order chi connectivity index (χ1) is 8.66. The van der Waals surface area contributed by atoms with Gasteiger partial charge in [-0.1, -0.05) is 6.07 Å². The van der Waals surface area contributed by atoms with Crippen molar-refractivity contribution in [1.82, 2.24) is 14.8 Å². The zero-order valence-corrected chi connectivity index (χ0v) is 9.48. The molecule has 0 fully saturated rings. The molecule has 0 amide bonds. The number of carboxylic acid groups (broad SMARTS) is 1. The third-order valence-electron chi connectivity index (χ3n) is 2.42. The number of nitrogens with zero attached hydrogens (tertiary/aromatic N) is 3. The Labute approximate surface area is 103 Å². The summed E-state index contributed by atoms with van der Waals surface area (Å²) in [5.41, 5.74) is 0.511. The molecule has 6 heteroatoms. The second-order valence-electron chi connectivity index (χ2n) is 3.70. The number of hydrogen-bond acceptors (Lipinski definition) is 4. The van der Waals surface area contributed by atoms with Crippen molar-refractivity contribution in [3.8, 4) is 0 Å². The van der Waals surface area contributed by atoms with Gasteiger partial charge in [0.25, 0.3) is 5.56 Å². The average molecular weight is 245 g/mol. The van der Waals surface area contributed by atoms with Gasteiger partial charge >= 0.3 is 5.97 Å². The van der Waals surface area contributed by atoms with Gasteiger partial charge in [0.15, 0.2) is 5.69 Å². The highest BCUT2D eigenvalue weighted by Gasteiger charge is 2.07. The van der Waals surface area contributed by atoms with Crippen molar-refractivity contribution in [1.29, 1.82) is 0 Å². The number of aryl methyl sites for hydroxylation is 2. The maximum absolute atomic E-state index is 11.5. The van der Waals surface area contributed by atoms with Gasteiger partial charge in [0, 0.05) is 25.0 Å². The minimum absolute atomic E-state index is 0.138. The van der Waals surface area contributed by atoms with E-state index in [-0.39, 0.29) is 11.3 Å². The summed E-state index contributed by atoms with van der Waals surface area (Å²) in [7, 11) is 0. The molecule has 0 aliphatic heterocycles. The van der Waals surface area contributed by atoms with Gasteiger partial charge in [0.2, 0.25) is 0 Å². The molecule has 1 N–H and O–H groups in total. The van der Waals surface area contributed by atoms with Crippen molar-refractivity contribution in [3.63, 3.8) is 0 Å². The second-order valence-corrected chi connectivity index (χ2v) is 3.70. The lowest BCUT2D eigenvalue weighted by Gasteiger charge is -2.04. The van der Waals surface area contributed by atoms with Crippen LogP contribution in [0.5, 0.6) is 0 Å². The monoisotopic (exact) mass is 245 g/mol. The molecule has 92 valence electrons. The Balaban J connectivity index is 2.16. The first-order valence-corrected chi connectivity index (χ1v) is 5.37. The second kappa shape index (κ2) is 5.22. The number of carbonyl (C=O) groups is 1. The Hall–Kier alpha value is -2.50. The number of carboxylic acids is 1. The van der Waals surface area contributed by atoms with Crippen LogP contribution < -0.4 is 5.56 Å². The van der Waals surface area contributed by atoms with Gasteiger partial charge < -0.3 is 5.11 Å². The Kier molecular flexibility index (Phi) is 3.47. The predicted octanol–water partition coefficient (Wildman–Crippen LogP) is 0.579. The molecule has 2 aromatic rings. The minimum atomic E-state index is -1.15. The van der Waals surface area contributed by atoms with E-state index >= 15 is 0 Å². The Bertz CT molecular complexity index is 607. The molecule has 0 aliphatic carbocycles. The van der Waals surface area contributed by atoms with Gasteiger partial charge in [-0.25, -0.2) is 9.48 Å². The Morgan fingerprint density at radius 1 is 1.33 bits per heavy atom. The van der Waals surface area contributed by atoms with E-state index in [1.54, 1.807) is 18.5 Å². The number of aromatic nitrogens is 3. The Morgan fingerprint density at radius 2 is 2.17 bits per heavy atom. The van der Waals surface area contributed by atoms with Gasteiger partial charge in [0.05, 0.1) is 0 Å². The lowest BCUT2D eigenvalue weighted by atomic mass is 10.2. The molecule has 0 saturated carbocycles. The van der Waals surface area contributed by atoms with Gasteiger partial charge in [-0.2, -0.15) is 5.10 Å². The van der Waals surface area contributed by atoms with Gasteiger partial charge in [-0.15, -0.1) is 0 Å². The minimum Gasteiger partial charge on any atom is -0.476 e. The van der Waals surface area contributed by atoms with Crippen LogP contribution >= 0.6 is 0 Å². The molecule has 0 aromatic carbocycles. The smallest absolute Gasteiger partial charge is 0.356 e. The fourth-order valence-electron chi connectivity index (χ4n) is 1.50. The van der Waals surface area contributed by atoms with Gasteiger partial charge in [-0.05, 0) is 24.1 Å². The van der Waals surface area contributed by atoms with Crippen LogP contribution in [0.15, 0.2) is 41.5 Å². The number of pyridine rings is 1. The zero-order chi connectivity index (χ0) is 13.0. The van der Waals surface area contributed by atoms with E-state index in [1.807, 2.05) is 6.07 Å². The van der Waals surface area contributed by atoms with E-state index < -0.39 is 5.97 Å². The lowest BCUT2D eigenvalue weighted by molar-refractivity contribution is 0.0687. The summed E-state index contributed by atoms with van der Waals surface area (Å²) in [5.74, 6) is -1.15. The van der Waals surface area contributed by atoms with Crippen molar-refractivity contribution in [2.75, 3.05) is 0 Å². The fourth-order valence-corrected chi connectivity index (χ4v) is 1.50. The molecule has 0 bridgehead atoms.